The highest BCUT2D eigenvalue weighted by molar-refractivity contribution is 7.89. The van der Waals surface area contributed by atoms with Crippen LogP contribution in [0.25, 0.3) is 0 Å². The predicted molar refractivity (Wildman–Crippen MR) is 123 cm³/mol. The molecule has 8 nitrogen and oxygen atoms in total. The van der Waals surface area contributed by atoms with Gasteiger partial charge in [-0.05, 0) is 67.1 Å². The number of nitrogens with zero attached hydrogens (tertiary/aromatic N) is 2. The molecule has 2 aromatic rings. The first-order chi connectivity index (χ1) is 15.9. The van der Waals surface area contributed by atoms with E-state index in [1.165, 1.54) is 9.87 Å². The molecule has 176 valence electrons. The lowest BCUT2D eigenvalue weighted by Crippen LogP contribution is -2.51. The van der Waals surface area contributed by atoms with E-state index in [4.69, 9.17) is 9.47 Å². The largest absolute Gasteiger partial charge is 0.454 e. The van der Waals surface area contributed by atoms with Gasteiger partial charge in [-0.25, -0.2) is 8.42 Å². The number of rotatable bonds is 6. The molecule has 33 heavy (non-hydrogen) atoms. The summed E-state index contributed by atoms with van der Waals surface area (Å²) in [6.45, 7) is 4.19. The Morgan fingerprint density at radius 1 is 1.00 bits per heavy atom. The van der Waals surface area contributed by atoms with Gasteiger partial charge >= 0.3 is 0 Å². The molecule has 0 bridgehead atoms. The third-order valence-electron chi connectivity index (χ3n) is 6.68. The molecule has 9 heteroatoms. The van der Waals surface area contributed by atoms with Crippen LogP contribution >= 0.6 is 0 Å². The van der Waals surface area contributed by atoms with Crippen LogP contribution in [0.4, 0.5) is 0 Å². The van der Waals surface area contributed by atoms with Gasteiger partial charge in [-0.15, -0.1) is 0 Å². The SMILES string of the molecule is CC(NC(=O)CN1CCN(S(=O)(=O)c2ccc3c(c2)CCC3)CC1)c1ccc2c(c1)OCO2. The minimum absolute atomic E-state index is 0.0879. The fraction of sp³-hybridized carbons (Fsp3) is 0.458. The van der Waals surface area contributed by atoms with Crippen LogP contribution < -0.4 is 14.8 Å². The number of carbonyl (C=O) groups excluding carboxylic acids is 1. The van der Waals surface area contributed by atoms with E-state index < -0.39 is 10.0 Å². The van der Waals surface area contributed by atoms with Crippen molar-refractivity contribution in [2.45, 2.75) is 37.1 Å². The fourth-order valence-corrected chi connectivity index (χ4v) is 6.22. The van der Waals surface area contributed by atoms with Crippen LogP contribution in [0.15, 0.2) is 41.3 Å². The minimum Gasteiger partial charge on any atom is -0.454 e. The summed E-state index contributed by atoms with van der Waals surface area (Å²) in [5.74, 6) is 1.31. The maximum atomic E-state index is 13.1. The van der Waals surface area contributed by atoms with Crippen molar-refractivity contribution < 1.29 is 22.7 Å². The van der Waals surface area contributed by atoms with Gasteiger partial charge in [0.15, 0.2) is 11.5 Å². The van der Waals surface area contributed by atoms with Crippen molar-refractivity contribution in [3.05, 3.63) is 53.1 Å². The summed E-state index contributed by atoms with van der Waals surface area (Å²) in [5, 5.41) is 3.02. The average molecular weight is 472 g/mol. The highest BCUT2D eigenvalue weighted by Crippen LogP contribution is 2.34. The maximum Gasteiger partial charge on any atom is 0.243 e. The van der Waals surface area contributed by atoms with E-state index in [-0.39, 0.29) is 25.3 Å². The van der Waals surface area contributed by atoms with Gasteiger partial charge in [-0.1, -0.05) is 12.1 Å². The second kappa shape index (κ2) is 8.96. The van der Waals surface area contributed by atoms with Crippen LogP contribution in [0.3, 0.4) is 0 Å². The lowest BCUT2D eigenvalue weighted by Gasteiger charge is -2.33. The van der Waals surface area contributed by atoms with E-state index in [2.05, 4.69) is 5.32 Å². The number of ether oxygens (including phenoxy) is 2. The highest BCUT2D eigenvalue weighted by Gasteiger charge is 2.30. The molecule has 0 aromatic heterocycles. The zero-order valence-corrected chi connectivity index (χ0v) is 19.6. The Morgan fingerprint density at radius 3 is 2.58 bits per heavy atom. The van der Waals surface area contributed by atoms with E-state index in [9.17, 15) is 13.2 Å². The van der Waals surface area contributed by atoms with Crippen molar-refractivity contribution in [2.24, 2.45) is 0 Å². The normalized spacial score (nSPS) is 19.3. The summed E-state index contributed by atoms with van der Waals surface area (Å²) >= 11 is 0. The van der Waals surface area contributed by atoms with Crippen molar-refractivity contribution in [3.8, 4) is 11.5 Å². The maximum absolute atomic E-state index is 13.1. The summed E-state index contributed by atoms with van der Waals surface area (Å²) < 4.78 is 38.5. The predicted octanol–water partition coefficient (Wildman–Crippen LogP) is 2.09. The molecule has 1 unspecified atom stereocenters. The Hall–Kier alpha value is -2.62. The molecule has 0 spiro atoms. The third-order valence-corrected chi connectivity index (χ3v) is 8.57. The second-order valence-corrected chi connectivity index (χ2v) is 10.8. The molecule has 3 aliphatic rings. The number of piperazine rings is 1. The Kier molecular flexibility index (Phi) is 6.03. The van der Waals surface area contributed by atoms with Crippen LogP contribution in [0.2, 0.25) is 0 Å². The minimum atomic E-state index is -3.51. The fourth-order valence-electron chi connectivity index (χ4n) is 4.74. The quantitative estimate of drug-likeness (QED) is 0.694. The Bertz CT molecular complexity index is 1160. The standard InChI is InChI=1S/C24H29N3O5S/c1-17(19-6-8-22-23(14-19)32-16-31-22)25-24(28)15-26-9-11-27(12-10-26)33(29,30)21-7-5-18-3-2-4-20(18)13-21/h5-8,13-14,17H,2-4,9-12,15-16H2,1H3,(H,25,28). The number of hydrogen-bond acceptors (Lipinski definition) is 6. The van der Waals surface area contributed by atoms with Crippen LogP contribution in [0.5, 0.6) is 11.5 Å². The second-order valence-electron chi connectivity index (χ2n) is 8.87. The molecule has 1 fully saturated rings. The number of hydrogen-bond donors (Lipinski definition) is 1. The van der Waals surface area contributed by atoms with Gasteiger partial charge in [0.25, 0.3) is 0 Å². The molecular formula is C24H29N3O5S. The molecule has 1 saturated heterocycles. The first kappa shape index (κ1) is 22.2. The van der Waals surface area contributed by atoms with Gasteiger partial charge in [0.05, 0.1) is 17.5 Å². The smallest absolute Gasteiger partial charge is 0.243 e. The molecule has 2 aliphatic heterocycles. The van der Waals surface area contributed by atoms with Crippen molar-refractivity contribution in [1.82, 2.24) is 14.5 Å². The summed E-state index contributed by atoms with van der Waals surface area (Å²) in [6, 6.07) is 11.0. The molecule has 5 rings (SSSR count). The molecule has 2 aromatic carbocycles. The van der Waals surface area contributed by atoms with Gasteiger partial charge in [0, 0.05) is 26.2 Å². The Labute approximate surface area is 194 Å². The number of aryl methyl sites for hydroxylation is 2. The third kappa shape index (κ3) is 4.58. The van der Waals surface area contributed by atoms with Gasteiger partial charge < -0.3 is 14.8 Å². The van der Waals surface area contributed by atoms with Gasteiger partial charge in [0.1, 0.15) is 0 Å². The number of amides is 1. The summed E-state index contributed by atoms with van der Waals surface area (Å²) in [4.78, 5) is 15.0. The topological polar surface area (TPSA) is 88.2 Å². The zero-order chi connectivity index (χ0) is 23.0. The molecule has 1 atom stereocenters. The molecule has 2 heterocycles. The number of nitrogens with one attached hydrogen (secondary N) is 1. The van der Waals surface area contributed by atoms with E-state index in [0.717, 1.165) is 30.4 Å². The lowest BCUT2D eigenvalue weighted by atomic mass is 10.1. The van der Waals surface area contributed by atoms with Crippen molar-refractivity contribution in [2.75, 3.05) is 39.5 Å². The summed E-state index contributed by atoms with van der Waals surface area (Å²) in [6.07, 6.45) is 3.07. The molecule has 1 N–H and O–H groups in total. The summed E-state index contributed by atoms with van der Waals surface area (Å²) in [7, 11) is -3.51. The molecule has 0 radical (unpaired) electrons. The number of fused-ring (bicyclic) bond motifs is 2. The average Bonchev–Trinajstić information content (AvgIpc) is 3.47. The molecular weight excluding hydrogens is 442 g/mol. The van der Waals surface area contributed by atoms with Gasteiger partial charge in [-0.2, -0.15) is 4.31 Å². The molecule has 1 amide bonds. The van der Waals surface area contributed by atoms with E-state index in [0.29, 0.717) is 42.6 Å². The number of benzene rings is 2. The van der Waals surface area contributed by atoms with E-state index in [1.54, 1.807) is 6.07 Å². The van der Waals surface area contributed by atoms with Crippen LogP contribution in [0, 0.1) is 0 Å². The highest BCUT2D eigenvalue weighted by atomic mass is 32.2. The van der Waals surface area contributed by atoms with Gasteiger partial charge in [-0.3, -0.25) is 9.69 Å². The first-order valence-corrected chi connectivity index (χ1v) is 12.9. The van der Waals surface area contributed by atoms with Crippen molar-refractivity contribution in [1.29, 1.82) is 0 Å². The van der Waals surface area contributed by atoms with Crippen molar-refractivity contribution >= 4 is 15.9 Å². The van der Waals surface area contributed by atoms with Crippen LogP contribution in [0.1, 0.15) is 36.1 Å². The number of sulfonamides is 1. The zero-order valence-electron chi connectivity index (χ0n) is 18.7. The Balaban J connectivity index is 1.14. The lowest BCUT2D eigenvalue weighted by molar-refractivity contribution is -0.123. The monoisotopic (exact) mass is 471 g/mol. The Morgan fingerprint density at radius 2 is 1.76 bits per heavy atom. The molecule has 0 saturated carbocycles. The van der Waals surface area contributed by atoms with E-state index in [1.807, 2.05) is 42.2 Å². The first-order valence-electron chi connectivity index (χ1n) is 11.4. The molecule has 1 aliphatic carbocycles. The van der Waals surface area contributed by atoms with Crippen molar-refractivity contribution in [3.63, 3.8) is 0 Å². The number of carbonyl (C=O) groups is 1. The summed E-state index contributed by atoms with van der Waals surface area (Å²) in [5.41, 5.74) is 3.36. The van der Waals surface area contributed by atoms with E-state index >= 15 is 0 Å². The van der Waals surface area contributed by atoms with Crippen LogP contribution in [-0.2, 0) is 27.7 Å². The van der Waals surface area contributed by atoms with Gasteiger partial charge in [0.2, 0.25) is 22.7 Å². The van der Waals surface area contributed by atoms with Crippen LogP contribution in [-0.4, -0.2) is 63.0 Å².